The van der Waals surface area contributed by atoms with Crippen molar-refractivity contribution in [3.8, 4) is 0 Å². The summed E-state index contributed by atoms with van der Waals surface area (Å²) in [6.45, 7) is 2.36. The van der Waals surface area contributed by atoms with E-state index in [1.165, 1.54) is 0 Å². The molecular weight excluding hydrogens is 443 g/mol. The second-order valence-electron chi connectivity index (χ2n) is 8.03. The first kappa shape index (κ1) is 22.2. The zero-order valence-electron chi connectivity index (χ0n) is 17.2. The van der Waals surface area contributed by atoms with Crippen molar-refractivity contribution in [3.05, 3.63) is 40.7 Å². The zero-order valence-corrected chi connectivity index (χ0v) is 18.8. The molecule has 2 aromatic rings. The first-order chi connectivity index (χ1) is 14.9. The van der Waals surface area contributed by atoms with E-state index in [0.29, 0.717) is 30.2 Å². The van der Waals surface area contributed by atoms with Gasteiger partial charge in [0, 0.05) is 30.4 Å². The lowest BCUT2D eigenvalue weighted by Crippen LogP contribution is -2.49. The molecule has 0 aromatic carbocycles. The van der Waals surface area contributed by atoms with Crippen molar-refractivity contribution in [1.29, 1.82) is 0 Å². The number of aromatic nitrogens is 3. The van der Waals surface area contributed by atoms with Crippen LogP contribution in [-0.2, 0) is 10.0 Å². The van der Waals surface area contributed by atoms with E-state index in [9.17, 15) is 12.8 Å². The van der Waals surface area contributed by atoms with E-state index in [1.54, 1.807) is 6.20 Å². The highest BCUT2D eigenvalue weighted by atomic mass is 35.5. The van der Waals surface area contributed by atoms with E-state index in [4.69, 9.17) is 11.6 Å². The molecular formula is C20H26ClFN6O2S. The fourth-order valence-electron chi connectivity index (χ4n) is 4.24. The number of halogens is 2. The summed E-state index contributed by atoms with van der Waals surface area (Å²) in [6, 6.07) is 1.26. The maximum atomic E-state index is 14.6. The highest BCUT2D eigenvalue weighted by Crippen LogP contribution is 2.35. The molecule has 1 saturated carbocycles. The van der Waals surface area contributed by atoms with Crippen molar-refractivity contribution in [1.82, 2.24) is 19.7 Å². The lowest BCUT2D eigenvalue weighted by Gasteiger charge is -2.33. The van der Waals surface area contributed by atoms with E-state index in [1.807, 2.05) is 13.0 Å². The standard InChI is InChI=1S/C20H26ClFN6O2S/c1-2-7-31(29,30)28-17-6-4-3-5-16(17)26-20-15(22)11-25-19(27-20)14-10-24-18-13(14)8-12(21)9-23-18/h8-9,11,14,16-17,28H,2-7,10H2,1H3,(H,23,24)(H,25,26,27). The SMILES string of the molecule is CCCS(=O)(=O)NC1CCCCC1Nc1nc(C2CNc3ncc(Cl)cc32)ncc1F. The summed E-state index contributed by atoms with van der Waals surface area (Å²) in [5.41, 5.74) is 0.868. The van der Waals surface area contributed by atoms with Crippen LogP contribution in [0.15, 0.2) is 18.5 Å². The number of nitrogens with zero attached hydrogens (tertiary/aromatic N) is 3. The first-order valence-corrected chi connectivity index (χ1v) is 12.6. The van der Waals surface area contributed by atoms with Crippen molar-refractivity contribution >= 4 is 33.3 Å². The second-order valence-corrected chi connectivity index (χ2v) is 10.3. The predicted molar refractivity (Wildman–Crippen MR) is 118 cm³/mol. The van der Waals surface area contributed by atoms with Crippen LogP contribution in [0.5, 0.6) is 0 Å². The van der Waals surface area contributed by atoms with Gasteiger partial charge >= 0.3 is 0 Å². The maximum absolute atomic E-state index is 14.6. The van der Waals surface area contributed by atoms with Gasteiger partial charge in [0.15, 0.2) is 11.6 Å². The van der Waals surface area contributed by atoms with Crippen LogP contribution < -0.4 is 15.4 Å². The molecule has 0 bridgehead atoms. The molecule has 8 nitrogen and oxygen atoms in total. The van der Waals surface area contributed by atoms with Gasteiger partial charge in [0.25, 0.3) is 0 Å². The molecule has 0 amide bonds. The third-order valence-corrected chi connectivity index (χ3v) is 7.51. The number of hydrogen-bond acceptors (Lipinski definition) is 7. The topological polar surface area (TPSA) is 109 Å². The van der Waals surface area contributed by atoms with Crippen LogP contribution in [0.2, 0.25) is 5.02 Å². The summed E-state index contributed by atoms with van der Waals surface area (Å²) in [4.78, 5) is 12.9. The van der Waals surface area contributed by atoms with E-state index in [0.717, 1.165) is 36.8 Å². The highest BCUT2D eigenvalue weighted by Gasteiger charge is 2.31. The van der Waals surface area contributed by atoms with Crippen molar-refractivity contribution in [2.75, 3.05) is 22.9 Å². The molecule has 3 unspecified atom stereocenters. The molecule has 4 rings (SSSR count). The number of anilines is 2. The van der Waals surface area contributed by atoms with E-state index in [2.05, 4.69) is 30.3 Å². The van der Waals surface area contributed by atoms with Crippen LogP contribution in [0.4, 0.5) is 16.0 Å². The molecule has 2 aromatic heterocycles. The Hall–Kier alpha value is -2.04. The van der Waals surface area contributed by atoms with Crippen molar-refractivity contribution in [3.63, 3.8) is 0 Å². The Bertz CT molecular complexity index is 1050. The Balaban J connectivity index is 1.56. The van der Waals surface area contributed by atoms with Gasteiger partial charge in [-0.3, -0.25) is 0 Å². The summed E-state index contributed by atoms with van der Waals surface area (Å²) in [5.74, 6) is 0.563. The molecule has 31 heavy (non-hydrogen) atoms. The number of fused-ring (bicyclic) bond motifs is 1. The van der Waals surface area contributed by atoms with Gasteiger partial charge in [-0.25, -0.2) is 32.5 Å². The summed E-state index contributed by atoms with van der Waals surface area (Å²) >= 11 is 6.09. The molecule has 0 saturated heterocycles. The second kappa shape index (κ2) is 9.22. The smallest absolute Gasteiger partial charge is 0.211 e. The zero-order chi connectivity index (χ0) is 22.0. The molecule has 3 heterocycles. The Labute approximate surface area is 186 Å². The molecule has 1 aliphatic heterocycles. The Kier molecular flexibility index (Phi) is 6.59. The molecule has 0 radical (unpaired) electrons. The van der Waals surface area contributed by atoms with Crippen molar-refractivity contribution in [2.24, 2.45) is 0 Å². The third-order valence-electron chi connectivity index (χ3n) is 5.70. The minimum atomic E-state index is -3.37. The largest absolute Gasteiger partial charge is 0.369 e. The summed E-state index contributed by atoms with van der Waals surface area (Å²) in [6.07, 6.45) is 6.55. The first-order valence-electron chi connectivity index (χ1n) is 10.5. The van der Waals surface area contributed by atoms with E-state index >= 15 is 0 Å². The number of hydrogen-bond donors (Lipinski definition) is 3. The number of pyridine rings is 1. The fourth-order valence-corrected chi connectivity index (χ4v) is 5.80. The van der Waals surface area contributed by atoms with Crippen LogP contribution in [0.1, 0.15) is 56.3 Å². The van der Waals surface area contributed by atoms with Gasteiger partial charge < -0.3 is 10.6 Å². The van der Waals surface area contributed by atoms with Gasteiger partial charge in [-0.2, -0.15) is 0 Å². The van der Waals surface area contributed by atoms with Gasteiger partial charge in [-0.15, -0.1) is 0 Å². The van der Waals surface area contributed by atoms with Gasteiger partial charge in [0.1, 0.15) is 11.6 Å². The molecule has 1 aliphatic carbocycles. The third kappa shape index (κ3) is 5.07. The molecule has 3 atom stereocenters. The molecule has 2 aliphatic rings. The maximum Gasteiger partial charge on any atom is 0.211 e. The predicted octanol–water partition coefficient (Wildman–Crippen LogP) is 3.27. The summed E-state index contributed by atoms with van der Waals surface area (Å²) < 4.78 is 41.9. The summed E-state index contributed by atoms with van der Waals surface area (Å²) in [5, 5.41) is 6.85. The van der Waals surface area contributed by atoms with Crippen LogP contribution >= 0.6 is 11.6 Å². The average molecular weight is 469 g/mol. The lowest BCUT2D eigenvalue weighted by atomic mass is 9.91. The minimum Gasteiger partial charge on any atom is -0.369 e. The van der Waals surface area contributed by atoms with E-state index in [-0.39, 0.29) is 29.6 Å². The van der Waals surface area contributed by atoms with Crippen LogP contribution in [0, 0.1) is 5.82 Å². The minimum absolute atomic E-state index is 0.0763. The molecule has 1 fully saturated rings. The van der Waals surface area contributed by atoms with Crippen LogP contribution in [-0.4, -0.2) is 47.8 Å². The van der Waals surface area contributed by atoms with Crippen LogP contribution in [0.3, 0.4) is 0 Å². The van der Waals surface area contributed by atoms with Crippen LogP contribution in [0.25, 0.3) is 0 Å². The highest BCUT2D eigenvalue weighted by molar-refractivity contribution is 7.89. The number of nitrogens with one attached hydrogen (secondary N) is 3. The Morgan fingerprint density at radius 1 is 1.23 bits per heavy atom. The monoisotopic (exact) mass is 468 g/mol. The normalized spacial score (nSPS) is 23.3. The quantitative estimate of drug-likeness (QED) is 0.572. The number of sulfonamides is 1. The van der Waals surface area contributed by atoms with Gasteiger partial charge in [0.2, 0.25) is 10.0 Å². The van der Waals surface area contributed by atoms with E-state index < -0.39 is 15.8 Å². The molecule has 11 heteroatoms. The average Bonchev–Trinajstić information content (AvgIpc) is 3.14. The molecule has 168 valence electrons. The molecule has 3 N–H and O–H groups in total. The lowest BCUT2D eigenvalue weighted by molar-refractivity contribution is 0.376. The number of rotatable bonds is 7. The van der Waals surface area contributed by atoms with Gasteiger partial charge in [0.05, 0.1) is 22.9 Å². The molecule has 0 spiro atoms. The van der Waals surface area contributed by atoms with Crippen molar-refractivity contribution < 1.29 is 12.8 Å². The Morgan fingerprint density at radius 3 is 2.77 bits per heavy atom. The van der Waals surface area contributed by atoms with Gasteiger partial charge in [-0.05, 0) is 25.3 Å². The van der Waals surface area contributed by atoms with Crippen molar-refractivity contribution in [2.45, 2.75) is 57.0 Å². The summed E-state index contributed by atoms with van der Waals surface area (Å²) in [7, 11) is -3.37. The van der Waals surface area contributed by atoms with Gasteiger partial charge in [-0.1, -0.05) is 31.4 Å². The Morgan fingerprint density at radius 2 is 2.00 bits per heavy atom. The fraction of sp³-hybridized carbons (Fsp3) is 0.550.